The molecule has 2 aromatic rings. The van der Waals surface area contributed by atoms with E-state index in [-0.39, 0.29) is 40.5 Å². The standard InChI is InChI=1S/C16H15F3N2O2S2.ClH/c17-16(18,19)24-14-3-5-15(6-4-14)25(22,23)21-8-11-1-2-12-9-20-10-13(12)7-11;/h1-7,20-21H,8-10H2;1H. The Bertz CT molecular complexity index is 872. The third-order valence-corrected chi connectivity index (χ3v) is 5.89. The van der Waals surface area contributed by atoms with Crippen LogP contribution in [0.1, 0.15) is 16.7 Å². The number of nitrogens with one attached hydrogen (secondary N) is 2. The molecule has 0 fully saturated rings. The maximum absolute atomic E-state index is 12.3. The van der Waals surface area contributed by atoms with E-state index in [0.717, 1.165) is 36.3 Å². The van der Waals surface area contributed by atoms with Gasteiger partial charge in [0.25, 0.3) is 0 Å². The first kappa shape index (κ1) is 21.0. The van der Waals surface area contributed by atoms with Crippen molar-refractivity contribution in [1.29, 1.82) is 0 Å². The number of alkyl halides is 3. The molecule has 1 aliphatic heterocycles. The molecule has 10 heteroatoms. The second-order valence-electron chi connectivity index (χ2n) is 5.55. The minimum atomic E-state index is -4.40. The van der Waals surface area contributed by atoms with E-state index in [1.165, 1.54) is 17.7 Å². The van der Waals surface area contributed by atoms with Crippen molar-refractivity contribution in [3.8, 4) is 0 Å². The van der Waals surface area contributed by atoms with Gasteiger partial charge in [-0.15, -0.1) is 12.4 Å². The summed E-state index contributed by atoms with van der Waals surface area (Å²) in [6.45, 7) is 1.69. The van der Waals surface area contributed by atoms with Gasteiger partial charge >= 0.3 is 5.51 Å². The molecule has 1 heterocycles. The van der Waals surface area contributed by atoms with Crippen molar-refractivity contribution < 1.29 is 21.6 Å². The molecular formula is C16H16ClF3N2O2S2. The van der Waals surface area contributed by atoms with Gasteiger partial charge in [0.05, 0.1) is 4.90 Å². The van der Waals surface area contributed by atoms with Gasteiger partial charge in [-0.05, 0) is 52.7 Å². The fraction of sp³-hybridized carbons (Fsp3) is 0.250. The molecule has 4 nitrogen and oxygen atoms in total. The van der Waals surface area contributed by atoms with Gasteiger partial charge in [0.1, 0.15) is 0 Å². The van der Waals surface area contributed by atoms with Crippen molar-refractivity contribution in [3.05, 3.63) is 59.2 Å². The van der Waals surface area contributed by atoms with Crippen LogP contribution in [0, 0.1) is 0 Å². The Hall–Kier alpha value is -1.26. The first-order valence-corrected chi connectivity index (χ1v) is 9.70. The molecule has 1 aliphatic rings. The zero-order chi connectivity index (χ0) is 18.1. The lowest BCUT2D eigenvalue weighted by atomic mass is 10.1. The van der Waals surface area contributed by atoms with Crippen LogP contribution in [0.4, 0.5) is 13.2 Å². The molecule has 0 spiro atoms. The molecule has 0 aliphatic carbocycles. The van der Waals surface area contributed by atoms with Crippen LogP contribution in [0.15, 0.2) is 52.3 Å². The fourth-order valence-corrected chi connectivity index (χ4v) is 4.10. The minimum Gasteiger partial charge on any atom is -0.309 e. The molecule has 0 amide bonds. The van der Waals surface area contributed by atoms with Crippen LogP contribution >= 0.6 is 24.2 Å². The molecule has 0 radical (unpaired) electrons. The van der Waals surface area contributed by atoms with Crippen LogP contribution in [0.2, 0.25) is 0 Å². The lowest BCUT2D eigenvalue weighted by molar-refractivity contribution is -0.0328. The normalized spacial score (nSPS) is 14.0. The van der Waals surface area contributed by atoms with E-state index in [9.17, 15) is 21.6 Å². The van der Waals surface area contributed by atoms with Crippen molar-refractivity contribution >= 4 is 34.2 Å². The van der Waals surface area contributed by atoms with E-state index < -0.39 is 15.5 Å². The highest BCUT2D eigenvalue weighted by atomic mass is 35.5. The third kappa shape index (κ3) is 5.37. The molecule has 3 rings (SSSR count). The van der Waals surface area contributed by atoms with E-state index in [4.69, 9.17) is 0 Å². The van der Waals surface area contributed by atoms with Gasteiger partial charge in [-0.2, -0.15) is 13.2 Å². The van der Waals surface area contributed by atoms with Crippen LogP contribution in [0.25, 0.3) is 0 Å². The van der Waals surface area contributed by atoms with Gasteiger partial charge in [-0.1, -0.05) is 18.2 Å². The Balaban J connectivity index is 0.00000243. The van der Waals surface area contributed by atoms with Gasteiger partial charge < -0.3 is 5.32 Å². The lowest BCUT2D eigenvalue weighted by Gasteiger charge is -2.09. The topological polar surface area (TPSA) is 58.2 Å². The zero-order valence-electron chi connectivity index (χ0n) is 13.3. The number of hydrogen-bond acceptors (Lipinski definition) is 4. The predicted molar refractivity (Wildman–Crippen MR) is 96.6 cm³/mol. The summed E-state index contributed by atoms with van der Waals surface area (Å²) in [5, 5.41) is 3.21. The summed E-state index contributed by atoms with van der Waals surface area (Å²) in [5.41, 5.74) is -1.23. The number of hydrogen-bond donors (Lipinski definition) is 2. The maximum Gasteiger partial charge on any atom is 0.446 e. The van der Waals surface area contributed by atoms with E-state index in [1.54, 1.807) is 0 Å². The van der Waals surface area contributed by atoms with E-state index in [0.29, 0.717) is 0 Å². The number of halogens is 4. The van der Waals surface area contributed by atoms with Crippen molar-refractivity contribution in [2.45, 2.75) is 34.9 Å². The predicted octanol–water partition coefficient (Wildman–Crippen LogP) is 3.80. The smallest absolute Gasteiger partial charge is 0.309 e. The molecule has 2 aromatic carbocycles. The Kier molecular flexibility index (Phi) is 6.62. The molecule has 142 valence electrons. The van der Waals surface area contributed by atoms with Crippen molar-refractivity contribution in [1.82, 2.24) is 10.0 Å². The number of benzene rings is 2. The van der Waals surface area contributed by atoms with Crippen LogP contribution in [0.3, 0.4) is 0 Å². The number of rotatable bonds is 5. The summed E-state index contributed by atoms with van der Waals surface area (Å²) in [4.78, 5) is -0.126. The van der Waals surface area contributed by atoms with Gasteiger partial charge in [0.15, 0.2) is 0 Å². The summed E-state index contributed by atoms with van der Waals surface area (Å²) < 4.78 is 64.0. The third-order valence-electron chi connectivity index (χ3n) is 3.74. The van der Waals surface area contributed by atoms with Gasteiger partial charge in [0, 0.05) is 24.5 Å². The fourth-order valence-electron chi connectivity index (χ4n) is 2.54. The second kappa shape index (κ2) is 8.18. The van der Waals surface area contributed by atoms with Crippen LogP contribution in [0.5, 0.6) is 0 Å². The molecule has 0 unspecified atom stereocenters. The van der Waals surface area contributed by atoms with Gasteiger partial charge in [0.2, 0.25) is 10.0 Å². The van der Waals surface area contributed by atoms with Crippen molar-refractivity contribution in [2.24, 2.45) is 0 Å². The Labute approximate surface area is 160 Å². The molecule has 0 aromatic heterocycles. The monoisotopic (exact) mass is 424 g/mol. The lowest BCUT2D eigenvalue weighted by Crippen LogP contribution is -2.23. The molecule has 0 saturated carbocycles. The summed E-state index contributed by atoms with van der Waals surface area (Å²) in [7, 11) is -3.79. The molecule has 26 heavy (non-hydrogen) atoms. The highest BCUT2D eigenvalue weighted by Gasteiger charge is 2.29. The number of sulfonamides is 1. The number of fused-ring (bicyclic) bond motifs is 1. The summed E-state index contributed by atoms with van der Waals surface area (Å²) in [6.07, 6.45) is 0. The highest BCUT2D eigenvalue weighted by Crippen LogP contribution is 2.36. The van der Waals surface area contributed by atoms with Gasteiger partial charge in [-0.3, -0.25) is 0 Å². The summed E-state index contributed by atoms with van der Waals surface area (Å²) >= 11 is -0.280. The summed E-state index contributed by atoms with van der Waals surface area (Å²) in [5.74, 6) is 0. The Morgan fingerprint density at radius 1 is 1.04 bits per heavy atom. The van der Waals surface area contributed by atoms with Crippen LogP contribution < -0.4 is 10.0 Å². The minimum absolute atomic E-state index is 0. The Morgan fingerprint density at radius 2 is 1.69 bits per heavy atom. The average molecular weight is 425 g/mol. The second-order valence-corrected chi connectivity index (χ2v) is 8.46. The van der Waals surface area contributed by atoms with Crippen molar-refractivity contribution in [3.63, 3.8) is 0 Å². The van der Waals surface area contributed by atoms with Crippen molar-refractivity contribution in [2.75, 3.05) is 0 Å². The highest BCUT2D eigenvalue weighted by molar-refractivity contribution is 8.00. The molecule has 0 atom stereocenters. The largest absolute Gasteiger partial charge is 0.446 e. The maximum atomic E-state index is 12.3. The van der Waals surface area contributed by atoms with Gasteiger partial charge in [-0.25, -0.2) is 13.1 Å². The number of thioether (sulfide) groups is 1. The SMILES string of the molecule is Cl.O=S(=O)(NCc1ccc2c(c1)CNC2)c1ccc(SC(F)(F)F)cc1. The molecule has 2 N–H and O–H groups in total. The Morgan fingerprint density at radius 3 is 2.35 bits per heavy atom. The zero-order valence-corrected chi connectivity index (χ0v) is 15.8. The van der Waals surface area contributed by atoms with E-state index in [1.807, 2.05) is 18.2 Å². The average Bonchev–Trinajstić information content (AvgIpc) is 2.99. The van der Waals surface area contributed by atoms with E-state index in [2.05, 4.69) is 10.0 Å². The first-order chi connectivity index (χ1) is 11.7. The molecule has 0 saturated heterocycles. The molecule has 0 bridgehead atoms. The molecular weight excluding hydrogens is 409 g/mol. The van der Waals surface area contributed by atoms with Crippen LogP contribution in [-0.4, -0.2) is 13.9 Å². The quantitative estimate of drug-likeness (QED) is 0.717. The summed E-state index contributed by atoms with van der Waals surface area (Å²) in [6, 6.07) is 10.4. The van der Waals surface area contributed by atoms with Crippen LogP contribution in [-0.2, 0) is 29.7 Å². The van der Waals surface area contributed by atoms with E-state index >= 15 is 0 Å². The first-order valence-electron chi connectivity index (χ1n) is 7.40.